The maximum atomic E-state index is 13.1. The zero-order valence-corrected chi connectivity index (χ0v) is 9.16. The van der Waals surface area contributed by atoms with E-state index in [4.69, 9.17) is 5.21 Å². The minimum atomic E-state index is -0.314. The van der Waals surface area contributed by atoms with Crippen molar-refractivity contribution < 1.29 is 9.60 Å². The number of rotatable bonds is 2. The van der Waals surface area contributed by atoms with Gasteiger partial charge in [0.1, 0.15) is 5.82 Å². The summed E-state index contributed by atoms with van der Waals surface area (Å²) < 4.78 is 13.1. The fourth-order valence-corrected chi connectivity index (χ4v) is 1.02. The van der Waals surface area contributed by atoms with Crippen LogP contribution in [0.4, 0.5) is 4.39 Å². The summed E-state index contributed by atoms with van der Waals surface area (Å²) in [4.78, 5) is 0. The van der Waals surface area contributed by atoms with Gasteiger partial charge >= 0.3 is 0 Å². The third kappa shape index (κ3) is 3.44. The first-order valence-electron chi connectivity index (χ1n) is 4.79. The molecular formula is C11H18FNO. The van der Waals surface area contributed by atoms with Gasteiger partial charge in [-0.1, -0.05) is 32.0 Å². The molecule has 0 aliphatic carbocycles. The van der Waals surface area contributed by atoms with Crippen molar-refractivity contribution in [2.45, 2.75) is 26.8 Å². The van der Waals surface area contributed by atoms with E-state index in [1.165, 1.54) is 13.1 Å². The first kappa shape index (κ1) is 13.1. The van der Waals surface area contributed by atoms with Gasteiger partial charge in [0.2, 0.25) is 0 Å². The lowest BCUT2D eigenvalue weighted by atomic mass is 10.1. The van der Waals surface area contributed by atoms with E-state index in [2.05, 4.69) is 0 Å². The van der Waals surface area contributed by atoms with E-state index in [1.807, 2.05) is 13.8 Å². The molecule has 14 heavy (non-hydrogen) atoms. The predicted molar refractivity (Wildman–Crippen MR) is 55.7 cm³/mol. The molecule has 1 unspecified atom stereocenters. The van der Waals surface area contributed by atoms with Crippen molar-refractivity contribution in [1.29, 1.82) is 0 Å². The summed E-state index contributed by atoms with van der Waals surface area (Å²) in [5.41, 5.74) is 0.502. The average molecular weight is 199 g/mol. The van der Waals surface area contributed by atoms with Crippen LogP contribution >= 0.6 is 0 Å². The summed E-state index contributed by atoms with van der Waals surface area (Å²) in [6.45, 7) is 5.73. The molecule has 1 N–H and O–H groups in total. The van der Waals surface area contributed by atoms with Crippen molar-refractivity contribution in [2.24, 2.45) is 0 Å². The molecule has 0 bridgehead atoms. The van der Waals surface area contributed by atoms with E-state index in [0.29, 0.717) is 5.56 Å². The van der Waals surface area contributed by atoms with Gasteiger partial charge in [-0.15, -0.1) is 0 Å². The van der Waals surface area contributed by atoms with Gasteiger partial charge in [0.25, 0.3) is 0 Å². The summed E-state index contributed by atoms with van der Waals surface area (Å²) >= 11 is 0. The fourth-order valence-electron chi connectivity index (χ4n) is 1.02. The van der Waals surface area contributed by atoms with E-state index in [-0.39, 0.29) is 11.9 Å². The molecule has 0 heterocycles. The van der Waals surface area contributed by atoms with Crippen LogP contribution in [-0.2, 0) is 0 Å². The largest absolute Gasteiger partial charge is 0.314 e. The zero-order valence-electron chi connectivity index (χ0n) is 9.16. The van der Waals surface area contributed by atoms with Crippen LogP contribution in [-0.4, -0.2) is 17.3 Å². The van der Waals surface area contributed by atoms with E-state index in [9.17, 15) is 4.39 Å². The molecule has 0 aliphatic rings. The Morgan fingerprint density at radius 2 is 1.79 bits per heavy atom. The summed E-state index contributed by atoms with van der Waals surface area (Å²) in [6.07, 6.45) is 0. The number of hydroxylamine groups is 2. The van der Waals surface area contributed by atoms with Crippen molar-refractivity contribution in [3.63, 3.8) is 0 Å². The number of halogens is 1. The van der Waals surface area contributed by atoms with E-state index < -0.39 is 0 Å². The lowest BCUT2D eigenvalue weighted by Crippen LogP contribution is -2.18. The van der Waals surface area contributed by atoms with E-state index in [1.54, 1.807) is 25.1 Å². The summed E-state index contributed by atoms with van der Waals surface area (Å²) in [5.74, 6) is -0.286. The normalized spacial score (nSPS) is 11.9. The number of nitrogens with zero attached hydrogens (tertiary/aromatic N) is 1. The second kappa shape index (κ2) is 6.51. The van der Waals surface area contributed by atoms with Crippen LogP contribution in [0.3, 0.4) is 0 Å². The SMILES string of the molecule is CC.CC(c1ccccc1F)N(C)O. The van der Waals surface area contributed by atoms with Crippen LogP contribution in [0.5, 0.6) is 0 Å². The maximum Gasteiger partial charge on any atom is 0.128 e. The Bertz CT molecular complexity index is 263. The van der Waals surface area contributed by atoms with Gasteiger partial charge < -0.3 is 5.21 Å². The smallest absolute Gasteiger partial charge is 0.128 e. The third-order valence-corrected chi connectivity index (χ3v) is 1.92. The van der Waals surface area contributed by atoms with Crippen molar-refractivity contribution in [3.05, 3.63) is 35.6 Å². The second-order valence-electron chi connectivity index (χ2n) is 2.77. The molecule has 1 aromatic rings. The maximum absolute atomic E-state index is 13.1. The molecule has 0 radical (unpaired) electrons. The van der Waals surface area contributed by atoms with Gasteiger partial charge in [0.15, 0.2) is 0 Å². The van der Waals surface area contributed by atoms with Crippen LogP contribution in [0.1, 0.15) is 32.4 Å². The lowest BCUT2D eigenvalue weighted by Gasteiger charge is -2.18. The predicted octanol–water partition coefficient (Wildman–Crippen LogP) is 3.23. The molecule has 0 amide bonds. The molecule has 0 saturated heterocycles. The zero-order chi connectivity index (χ0) is 11.1. The molecule has 0 saturated carbocycles. The Hall–Kier alpha value is -0.930. The van der Waals surface area contributed by atoms with Crippen molar-refractivity contribution in [2.75, 3.05) is 7.05 Å². The van der Waals surface area contributed by atoms with Crippen LogP contribution in [0.2, 0.25) is 0 Å². The van der Waals surface area contributed by atoms with Crippen LogP contribution in [0.15, 0.2) is 24.3 Å². The fraction of sp³-hybridized carbons (Fsp3) is 0.455. The highest BCUT2D eigenvalue weighted by Gasteiger charge is 2.12. The van der Waals surface area contributed by atoms with Gasteiger partial charge in [-0.25, -0.2) is 4.39 Å². The van der Waals surface area contributed by atoms with Crippen LogP contribution in [0.25, 0.3) is 0 Å². The monoisotopic (exact) mass is 199 g/mol. The Labute approximate surface area is 84.9 Å². The van der Waals surface area contributed by atoms with E-state index in [0.717, 1.165) is 5.06 Å². The topological polar surface area (TPSA) is 23.5 Å². The van der Waals surface area contributed by atoms with Crippen molar-refractivity contribution >= 4 is 0 Å². The molecular weight excluding hydrogens is 181 g/mol. The highest BCUT2D eigenvalue weighted by Crippen LogP contribution is 2.19. The summed E-state index contributed by atoms with van der Waals surface area (Å²) in [7, 11) is 1.50. The molecule has 1 atom stereocenters. The average Bonchev–Trinajstić information content (AvgIpc) is 2.20. The molecule has 0 aliphatic heterocycles. The molecule has 1 aromatic carbocycles. The van der Waals surface area contributed by atoms with Gasteiger partial charge in [0, 0.05) is 12.6 Å². The molecule has 0 fully saturated rings. The van der Waals surface area contributed by atoms with Crippen LogP contribution < -0.4 is 0 Å². The molecule has 3 heteroatoms. The van der Waals surface area contributed by atoms with Gasteiger partial charge in [-0.3, -0.25) is 0 Å². The van der Waals surface area contributed by atoms with E-state index >= 15 is 0 Å². The highest BCUT2D eigenvalue weighted by atomic mass is 19.1. The quantitative estimate of drug-likeness (QED) is 0.739. The number of hydrogen-bond donors (Lipinski definition) is 1. The summed E-state index contributed by atoms with van der Waals surface area (Å²) in [5, 5.41) is 10.0. The van der Waals surface area contributed by atoms with Crippen molar-refractivity contribution in [1.82, 2.24) is 5.06 Å². The third-order valence-electron chi connectivity index (χ3n) is 1.92. The number of benzene rings is 1. The van der Waals surface area contributed by atoms with Gasteiger partial charge in [0.05, 0.1) is 6.04 Å². The highest BCUT2D eigenvalue weighted by molar-refractivity contribution is 5.20. The Balaban J connectivity index is 0.000000791. The van der Waals surface area contributed by atoms with Crippen LogP contribution in [0, 0.1) is 5.82 Å². The molecule has 2 nitrogen and oxygen atoms in total. The summed E-state index contributed by atoms with van der Waals surface area (Å²) in [6, 6.07) is 6.11. The van der Waals surface area contributed by atoms with Crippen molar-refractivity contribution in [3.8, 4) is 0 Å². The lowest BCUT2D eigenvalue weighted by molar-refractivity contribution is -0.0992. The first-order valence-corrected chi connectivity index (χ1v) is 4.79. The number of hydrogen-bond acceptors (Lipinski definition) is 2. The van der Waals surface area contributed by atoms with Gasteiger partial charge in [-0.2, -0.15) is 5.06 Å². The Morgan fingerprint density at radius 1 is 1.29 bits per heavy atom. The van der Waals surface area contributed by atoms with Gasteiger partial charge in [-0.05, 0) is 13.0 Å². The standard InChI is InChI=1S/C9H12FNO.C2H6/c1-7(11(2)12)8-5-3-4-6-9(8)10;1-2/h3-7,12H,1-2H3;1-2H3. The minimum absolute atomic E-state index is 0.286. The molecule has 80 valence electrons. The second-order valence-corrected chi connectivity index (χ2v) is 2.77. The molecule has 0 spiro atoms. The first-order chi connectivity index (χ1) is 6.63. The Morgan fingerprint density at radius 3 is 2.21 bits per heavy atom. The Kier molecular flexibility index (Phi) is 6.08. The molecule has 0 aromatic heterocycles. The minimum Gasteiger partial charge on any atom is -0.314 e. The molecule has 1 rings (SSSR count).